The van der Waals surface area contributed by atoms with Crippen molar-refractivity contribution in [2.75, 3.05) is 188 Å². The molecule has 6 saturated heterocycles. The van der Waals surface area contributed by atoms with Crippen LogP contribution in [0.2, 0.25) is 0 Å². The van der Waals surface area contributed by atoms with Crippen LogP contribution in [-0.2, 0) is 53.3 Å². The zero-order valence-corrected chi connectivity index (χ0v) is 76.2. The molecule has 0 spiro atoms. The highest BCUT2D eigenvalue weighted by Gasteiger charge is 2.40. The molecule has 4 aromatic carbocycles. The molecule has 3 amide bonds. The third kappa shape index (κ3) is 21.0. The van der Waals surface area contributed by atoms with E-state index in [1.807, 2.05) is 42.5 Å². The maximum atomic E-state index is 12.8. The lowest BCUT2D eigenvalue weighted by Gasteiger charge is -2.41. The summed E-state index contributed by atoms with van der Waals surface area (Å²) in [5.41, 5.74) is 10.8. The highest BCUT2D eigenvalue weighted by atomic mass is 32.1. The molecule has 0 saturated carbocycles. The van der Waals surface area contributed by atoms with Crippen molar-refractivity contribution in [3.05, 3.63) is 221 Å². The van der Waals surface area contributed by atoms with E-state index in [-0.39, 0.29) is 96.0 Å². The van der Waals surface area contributed by atoms with E-state index in [1.54, 1.807) is 22.0 Å². The van der Waals surface area contributed by atoms with Crippen LogP contribution in [0.15, 0.2) is 153 Å². The van der Waals surface area contributed by atoms with E-state index in [1.165, 1.54) is 58.9 Å². The van der Waals surface area contributed by atoms with Crippen molar-refractivity contribution in [1.82, 2.24) is 69.3 Å². The van der Waals surface area contributed by atoms with Crippen LogP contribution in [0.4, 0.5) is 34.5 Å². The number of benzene rings is 4. The van der Waals surface area contributed by atoms with Gasteiger partial charge in [0.1, 0.15) is 55.4 Å². The molecule has 3 unspecified atom stereocenters. The summed E-state index contributed by atoms with van der Waals surface area (Å²) < 4.78 is 18.9. The van der Waals surface area contributed by atoms with E-state index in [9.17, 15) is 14.4 Å². The number of hydrogen-bond donors (Lipinski definition) is 0. The summed E-state index contributed by atoms with van der Waals surface area (Å²) in [6.07, 6.45) is 20.8. The number of fused-ring (bicyclic) bond motifs is 6. The summed E-state index contributed by atoms with van der Waals surface area (Å²) in [6.45, 7) is 46.9. The topological polar surface area (TPSA) is 234 Å². The summed E-state index contributed by atoms with van der Waals surface area (Å²) in [5.74, 6) is 2.32. The van der Waals surface area contributed by atoms with Crippen LogP contribution in [-0.4, -0.2) is 282 Å². The fraction of sp³-hybridized carbons (Fsp3) is 0.453. The normalized spacial score (nSPS) is 20.6. The van der Waals surface area contributed by atoms with Gasteiger partial charge >= 0.3 is 18.0 Å². The lowest BCUT2D eigenvalue weighted by Crippen LogP contribution is -2.56. The largest absolute Gasteiger partial charge is 0.462 e. The summed E-state index contributed by atoms with van der Waals surface area (Å²) in [7, 11) is 6.42. The molecule has 32 heteroatoms. The maximum Gasteiger partial charge on any atom is 0.318 e. The Morgan fingerprint density at radius 3 is 1.22 bits per heavy atom. The van der Waals surface area contributed by atoms with Gasteiger partial charge in [-0.05, 0) is 172 Å². The molecule has 0 bridgehead atoms. The molecule has 9 aromatic rings. The van der Waals surface area contributed by atoms with E-state index < -0.39 is 0 Å². The average Bonchev–Trinajstić information content (AvgIpc) is 1.64. The number of rotatable bonds is 21. The summed E-state index contributed by atoms with van der Waals surface area (Å²) >= 11 is 0. The van der Waals surface area contributed by atoms with E-state index in [2.05, 4.69) is 188 Å². The third-order valence-corrected chi connectivity index (χ3v) is 26.1. The quantitative estimate of drug-likeness (QED) is 0.0480. The Morgan fingerprint density at radius 2 is 0.811 bits per heavy atom. The average molecular weight is 1770 g/mol. The first-order chi connectivity index (χ1) is 60.7. The minimum Gasteiger partial charge on any atom is -0.462 e. The minimum absolute atomic E-state index is 0. The van der Waals surface area contributed by atoms with Gasteiger partial charge in [0.05, 0.1) is 42.2 Å². The summed E-state index contributed by atoms with van der Waals surface area (Å²) in [5, 5.41) is 5.87. The monoisotopic (exact) mass is 1770 g/mol. The van der Waals surface area contributed by atoms with Gasteiger partial charge < -0.3 is 87.5 Å². The molecule has 0 N–H and O–H groups in total. The van der Waals surface area contributed by atoms with Gasteiger partial charge in [-0.1, -0.05) is 73.8 Å². The Labute approximate surface area is 766 Å². The van der Waals surface area contributed by atoms with Crippen molar-refractivity contribution in [2.24, 2.45) is 0 Å². The number of nitrogens with zero attached hydrogens (tertiary/aromatic N) is 23. The number of amides is 3. The minimum atomic E-state index is -0.225. The van der Waals surface area contributed by atoms with E-state index in [0.717, 1.165) is 151 Å². The lowest BCUT2D eigenvalue weighted by atomic mass is 10.0. The number of piperazine rings is 3. The number of allylic oxidation sites excluding steroid dienone is 1. The molecule has 666 valence electrons. The second-order valence-electron chi connectivity index (χ2n) is 33.6. The van der Waals surface area contributed by atoms with Crippen molar-refractivity contribution in [3.63, 3.8) is 0 Å². The van der Waals surface area contributed by atoms with Gasteiger partial charge in [0, 0.05) is 171 Å². The molecule has 18 rings (SSSR count). The van der Waals surface area contributed by atoms with Gasteiger partial charge in [0.25, 0.3) is 0 Å². The van der Waals surface area contributed by atoms with E-state index >= 15 is 0 Å². The fourth-order valence-electron chi connectivity index (χ4n) is 19.3. The first-order valence-corrected chi connectivity index (χ1v) is 43.8. The number of likely N-dealkylation sites (N-methyl/N-ethyl adjacent to an activating group) is 3. The standard InChI is InChI=1S/C33H39N7O2.2C31H36N8O2.3H2S/c1-4-9-31(41)40-19-18-39(21-26(40)20-34-2)32-28-15-17-38(30-14-7-11-24-10-5-6-13-27(24)30)22-29(28)35-33(36-32)42-23-25-12-8-16-37(25)3;1-4-29(40)39-17-16-38(19-23(39)18-32-2)30-25-12-15-37(28-11-5-10-26-24(28)9-6-13-33-26)20-27(25)34-31(35-30)41-21-22-8-7-14-36(22)3;1-4-29(40)39-16-15-38(19-24(39)18-32-2)30-26-11-14-37(28-9-5-7-22-17-33-12-10-25(22)28)20-27(26)34-31(35-30)41-21-23-8-6-13-36(23)3;;;/h4-7,9-11,13-14,25-26H,8,12,15-23H2,1,3H3;4-6,9-11,13,22-23H,1,7-8,12,14-21H2,3H3;4-5,7,9-10,12,17,23-24H,1,6,8,11,13-16,18-21H2,3H3;3*1H2/b9-4+;;;;;/t25-,26?;22-,23?;23-,24?;;;/m000.../s1. The summed E-state index contributed by atoms with van der Waals surface area (Å²) in [6, 6.07) is 35.4. The number of pyridine rings is 2. The number of carbonyl (C=O) groups is 3. The molecule has 9 aliphatic rings. The Bertz CT molecular complexity index is 5340. The van der Waals surface area contributed by atoms with Crippen molar-refractivity contribution in [2.45, 2.75) is 121 Å². The van der Waals surface area contributed by atoms with Crippen LogP contribution < -0.4 is 43.6 Å². The molecular weight excluding hydrogens is 1660 g/mol. The SMILES string of the molecule is S.S.S.[C-]#[N+]CC1CN(c2nc(OC[C@@H]3CCCN3C)nc3c2CCN(c2cccc4ccccc24)C3)CCN1C(=O)/C=C/C.[C-]#[N+]CC1CN(c2nc(OC[C@@H]3CCCN3C)nc3c2CCN(c2cccc4cnccc24)C3)CCN1C(=O)C=C.[C-]#[N+]CC1CN(c2nc(OC[C@@H]3CCCN3C)nc3c2CCN(c2cccc4ncccc24)C3)CCN1C(=O)C=C. The third-order valence-electron chi connectivity index (χ3n) is 26.1. The summed E-state index contributed by atoms with van der Waals surface area (Å²) in [4.78, 5) is 114. The van der Waals surface area contributed by atoms with E-state index in [0.29, 0.717) is 135 Å². The number of anilines is 6. The second kappa shape index (κ2) is 43.3. The molecule has 6 fully saturated rings. The van der Waals surface area contributed by atoms with Crippen molar-refractivity contribution >= 4 is 125 Å². The predicted octanol–water partition coefficient (Wildman–Crippen LogP) is 10.9. The molecular formula is C95H117N23O6S3. The number of aromatic nitrogens is 8. The number of hydrogen-bond acceptors (Lipinski definition) is 23. The van der Waals surface area contributed by atoms with Crippen LogP contribution in [0.3, 0.4) is 0 Å². The first kappa shape index (κ1) is 93.1. The van der Waals surface area contributed by atoms with Crippen molar-refractivity contribution < 1.29 is 28.6 Å². The molecule has 9 aliphatic heterocycles. The number of ether oxygens (including phenoxy) is 3. The van der Waals surface area contributed by atoms with Gasteiger partial charge in [0.2, 0.25) is 37.4 Å². The predicted molar refractivity (Wildman–Crippen MR) is 515 cm³/mol. The van der Waals surface area contributed by atoms with Gasteiger partial charge in [-0.2, -0.15) is 70.4 Å². The van der Waals surface area contributed by atoms with Crippen LogP contribution in [0.1, 0.15) is 79.2 Å². The Balaban J connectivity index is 0.000000161. The van der Waals surface area contributed by atoms with Crippen molar-refractivity contribution in [1.29, 1.82) is 0 Å². The zero-order chi connectivity index (χ0) is 85.7. The van der Waals surface area contributed by atoms with Crippen LogP contribution in [0, 0.1) is 19.7 Å². The number of carbonyl (C=O) groups excluding carboxylic acids is 3. The van der Waals surface area contributed by atoms with Crippen molar-refractivity contribution in [3.8, 4) is 18.0 Å². The smallest absolute Gasteiger partial charge is 0.318 e. The van der Waals surface area contributed by atoms with Crippen LogP contribution in [0.25, 0.3) is 47.0 Å². The molecule has 5 aromatic heterocycles. The number of likely N-dealkylation sites (tertiary alicyclic amines) is 3. The molecule has 0 radical (unpaired) electrons. The van der Waals surface area contributed by atoms with Gasteiger partial charge in [-0.3, -0.25) is 24.4 Å². The molecule has 14 heterocycles. The fourth-order valence-corrected chi connectivity index (χ4v) is 19.3. The van der Waals surface area contributed by atoms with E-state index in [4.69, 9.17) is 63.8 Å². The van der Waals surface area contributed by atoms with Gasteiger partial charge in [-0.25, -0.2) is 19.7 Å². The highest BCUT2D eigenvalue weighted by molar-refractivity contribution is 7.59. The molecule has 29 nitrogen and oxygen atoms in total. The van der Waals surface area contributed by atoms with Gasteiger partial charge in [0.15, 0.2) is 0 Å². The lowest BCUT2D eigenvalue weighted by molar-refractivity contribution is -0.129. The van der Waals surface area contributed by atoms with Gasteiger partial charge in [-0.15, -0.1) is 0 Å². The zero-order valence-electron chi connectivity index (χ0n) is 73.2. The Kier molecular flexibility index (Phi) is 31.7. The Hall–Kier alpha value is -11.6. The van der Waals surface area contributed by atoms with Crippen LogP contribution >= 0.6 is 40.5 Å². The highest BCUT2D eigenvalue weighted by Crippen LogP contribution is 2.40. The Morgan fingerprint density at radius 1 is 0.425 bits per heavy atom. The van der Waals surface area contributed by atoms with Crippen LogP contribution in [0.5, 0.6) is 18.0 Å². The molecule has 127 heavy (non-hydrogen) atoms. The maximum absolute atomic E-state index is 12.8. The molecule has 0 aliphatic carbocycles. The second-order valence-corrected chi connectivity index (χ2v) is 33.6. The molecule has 6 atom stereocenters. The first-order valence-electron chi connectivity index (χ1n) is 43.8.